The van der Waals surface area contributed by atoms with E-state index in [0.717, 1.165) is 16.5 Å². The number of methoxy groups -OCH3 is 1. The Bertz CT molecular complexity index is 929. The molecule has 0 aromatic heterocycles. The van der Waals surface area contributed by atoms with Crippen LogP contribution in [0.25, 0.3) is 0 Å². The lowest BCUT2D eigenvalue weighted by molar-refractivity contribution is 0.0948. The first kappa shape index (κ1) is 19.9. The van der Waals surface area contributed by atoms with E-state index in [-0.39, 0.29) is 10.8 Å². The highest BCUT2D eigenvalue weighted by molar-refractivity contribution is 9.10. The quantitative estimate of drug-likeness (QED) is 0.655. The molecule has 1 aliphatic rings. The second-order valence-corrected chi connectivity index (χ2v) is 9.00. The minimum absolute atomic E-state index is 0.164. The summed E-state index contributed by atoms with van der Waals surface area (Å²) in [4.78, 5) is 12.5. The van der Waals surface area contributed by atoms with E-state index in [1.807, 2.05) is 0 Å². The van der Waals surface area contributed by atoms with Crippen molar-refractivity contribution in [3.63, 3.8) is 0 Å². The molecule has 1 N–H and O–H groups in total. The van der Waals surface area contributed by atoms with Crippen LogP contribution in [-0.2, 0) is 21.2 Å². The molecule has 2 aromatic rings. The van der Waals surface area contributed by atoms with Crippen molar-refractivity contribution in [3.8, 4) is 0 Å². The highest BCUT2D eigenvalue weighted by atomic mass is 79.9. The molecule has 8 heteroatoms. The van der Waals surface area contributed by atoms with E-state index in [1.165, 1.54) is 4.31 Å². The molecule has 3 rings (SSSR count). The molecule has 27 heavy (non-hydrogen) atoms. The number of amides is 1. The minimum atomic E-state index is -3.62. The number of rotatable bonds is 7. The number of sulfonamides is 1. The van der Waals surface area contributed by atoms with Crippen LogP contribution >= 0.6 is 15.9 Å². The largest absolute Gasteiger partial charge is 0.385 e. The molecule has 0 spiro atoms. The van der Waals surface area contributed by atoms with Gasteiger partial charge in [-0.2, -0.15) is 0 Å². The second kappa shape index (κ2) is 8.41. The van der Waals surface area contributed by atoms with E-state index < -0.39 is 10.0 Å². The summed E-state index contributed by atoms with van der Waals surface area (Å²) in [5.74, 6) is -0.164. The molecule has 1 aliphatic heterocycles. The summed E-state index contributed by atoms with van der Waals surface area (Å²) in [7, 11) is -2.00. The molecule has 0 saturated carbocycles. The van der Waals surface area contributed by atoms with Gasteiger partial charge in [-0.1, -0.05) is 15.9 Å². The van der Waals surface area contributed by atoms with Gasteiger partial charge in [-0.3, -0.25) is 9.10 Å². The van der Waals surface area contributed by atoms with Crippen LogP contribution in [0, 0.1) is 0 Å². The molecule has 0 radical (unpaired) electrons. The molecule has 144 valence electrons. The van der Waals surface area contributed by atoms with E-state index >= 15 is 0 Å². The molecule has 1 heterocycles. The Hall–Kier alpha value is -1.90. The fourth-order valence-corrected chi connectivity index (χ4v) is 4.78. The van der Waals surface area contributed by atoms with Gasteiger partial charge in [-0.15, -0.1) is 0 Å². The number of ether oxygens (including phenoxy) is 1. The summed E-state index contributed by atoms with van der Waals surface area (Å²) in [6.45, 7) is 1.49. The van der Waals surface area contributed by atoms with Gasteiger partial charge in [0.25, 0.3) is 15.9 Å². The monoisotopic (exact) mass is 452 g/mol. The predicted octanol–water partition coefficient (Wildman–Crippen LogP) is 2.97. The number of halogens is 1. The fourth-order valence-electron chi connectivity index (χ4n) is 3.02. The Kier molecular flexibility index (Phi) is 6.18. The number of carbonyl (C=O) groups excluding carboxylic acids is 1. The summed E-state index contributed by atoms with van der Waals surface area (Å²) in [6, 6.07) is 11.7. The van der Waals surface area contributed by atoms with Crippen LogP contribution in [-0.4, -0.2) is 41.1 Å². The molecule has 2 aromatic carbocycles. The highest BCUT2D eigenvalue weighted by Crippen LogP contribution is 2.33. The summed E-state index contributed by atoms with van der Waals surface area (Å²) in [5.41, 5.74) is 2.03. The Morgan fingerprint density at radius 2 is 1.96 bits per heavy atom. The van der Waals surface area contributed by atoms with Crippen LogP contribution in [0.1, 0.15) is 22.3 Å². The average molecular weight is 453 g/mol. The van der Waals surface area contributed by atoms with E-state index in [2.05, 4.69) is 21.2 Å². The molecular weight excluding hydrogens is 432 g/mol. The molecule has 0 atom stereocenters. The average Bonchev–Trinajstić information content (AvgIpc) is 3.09. The molecule has 0 saturated heterocycles. The van der Waals surface area contributed by atoms with Gasteiger partial charge in [0.05, 0.1) is 10.6 Å². The Balaban J connectivity index is 1.78. The van der Waals surface area contributed by atoms with Crippen molar-refractivity contribution in [2.24, 2.45) is 0 Å². The first-order valence-electron chi connectivity index (χ1n) is 8.62. The van der Waals surface area contributed by atoms with E-state index in [1.54, 1.807) is 49.6 Å². The van der Waals surface area contributed by atoms with Crippen LogP contribution in [0.3, 0.4) is 0 Å². The summed E-state index contributed by atoms with van der Waals surface area (Å²) < 4.78 is 33.1. The Labute approximate surface area is 167 Å². The SMILES string of the molecule is COCCCNC(=O)c1ccc2c(c1)CCN2S(=O)(=O)c1ccc(Br)cc1. The van der Waals surface area contributed by atoms with Gasteiger partial charge in [0.2, 0.25) is 0 Å². The standard InChI is InChI=1S/C19H21BrN2O4S/c1-26-12-2-10-21-19(23)15-3-8-18-14(13-15)9-11-22(18)27(24,25)17-6-4-16(20)5-7-17/h3-8,13H,2,9-12H2,1H3,(H,21,23). The van der Waals surface area contributed by atoms with Gasteiger partial charge in [-0.25, -0.2) is 8.42 Å². The highest BCUT2D eigenvalue weighted by Gasteiger charge is 2.31. The van der Waals surface area contributed by atoms with Gasteiger partial charge in [-0.05, 0) is 60.9 Å². The second-order valence-electron chi connectivity index (χ2n) is 6.23. The van der Waals surface area contributed by atoms with Crippen LogP contribution < -0.4 is 9.62 Å². The normalized spacial score (nSPS) is 13.5. The fraction of sp³-hybridized carbons (Fsp3) is 0.316. The van der Waals surface area contributed by atoms with Crippen molar-refractivity contribution < 1.29 is 17.9 Å². The van der Waals surface area contributed by atoms with Crippen molar-refractivity contribution in [2.75, 3.05) is 31.1 Å². The van der Waals surface area contributed by atoms with Crippen LogP contribution in [0.5, 0.6) is 0 Å². The third-order valence-corrected chi connectivity index (χ3v) is 6.76. The number of anilines is 1. The van der Waals surface area contributed by atoms with Crippen LogP contribution in [0.4, 0.5) is 5.69 Å². The summed E-state index contributed by atoms with van der Waals surface area (Å²) >= 11 is 3.32. The van der Waals surface area contributed by atoms with Gasteiger partial charge >= 0.3 is 0 Å². The topological polar surface area (TPSA) is 75.7 Å². The lowest BCUT2D eigenvalue weighted by Crippen LogP contribution is -2.29. The van der Waals surface area contributed by atoms with Crippen LogP contribution in [0.15, 0.2) is 51.8 Å². The third-order valence-electron chi connectivity index (χ3n) is 4.41. The lowest BCUT2D eigenvalue weighted by atomic mass is 10.1. The van der Waals surface area contributed by atoms with Crippen LogP contribution in [0.2, 0.25) is 0 Å². The number of carbonyl (C=O) groups is 1. The number of nitrogens with one attached hydrogen (secondary N) is 1. The molecule has 0 fully saturated rings. The number of hydrogen-bond donors (Lipinski definition) is 1. The molecule has 1 amide bonds. The maximum absolute atomic E-state index is 12.9. The zero-order valence-electron chi connectivity index (χ0n) is 14.9. The smallest absolute Gasteiger partial charge is 0.264 e. The molecule has 0 aliphatic carbocycles. The van der Waals surface area contributed by atoms with Crippen molar-refractivity contribution >= 4 is 37.5 Å². The lowest BCUT2D eigenvalue weighted by Gasteiger charge is -2.19. The maximum Gasteiger partial charge on any atom is 0.264 e. The van der Waals surface area contributed by atoms with Crippen molar-refractivity contribution in [1.29, 1.82) is 0 Å². The zero-order chi connectivity index (χ0) is 19.4. The first-order valence-corrected chi connectivity index (χ1v) is 10.8. The number of fused-ring (bicyclic) bond motifs is 1. The van der Waals surface area contributed by atoms with Crippen molar-refractivity contribution in [3.05, 3.63) is 58.1 Å². The zero-order valence-corrected chi connectivity index (χ0v) is 17.3. The summed E-state index contributed by atoms with van der Waals surface area (Å²) in [5, 5.41) is 2.84. The van der Waals surface area contributed by atoms with E-state index in [4.69, 9.17) is 4.74 Å². The Morgan fingerprint density at radius 1 is 1.22 bits per heavy atom. The first-order chi connectivity index (χ1) is 12.9. The number of benzene rings is 2. The maximum atomic E-state index is 12.9. The summed E-state index contributed by atoms with van der Waals surface area (Å²) in [6.07, 6.45) is 1.32. The van der Waals surface area contributed by atoms with Crippen molar-refractivity contribution in [1.82, 2.24) is 5.32 Å². The van der Waals surface area contributed by atoms with Gasteiger partial charge in [0.15, 0.2) is 0 Å². The molecule has 0 bridgehead atoms. The third kappa shape index (κ3) is 4.34. The number of hydrogen-bond acceptors (Lipinski definition) is 4. The van der Waals surface area contributed by atoms with E-state index in [9.17, 15) is 13.2 Å². The predicted molar refractivity (Wildman–Crippen MR) is 108 cm³/mol. The van der Waals surface area contributed by atoms with E-state index in [0.29, 0.717) is 37.4 Å². The van der Waals surface area contributed by atoms with Crippen molar-refractivity contribution in [2.45, 2.75) is 17.7 Å². The van der Waals surface area contributed by atoms with Gasteiger partial charge in [0.1, 0.15) is 0 Å². The minimum Gasteiger partial charge on any atom is -0.385 e. The van der Waals surface area contributed by atoms with Gasteiger partial charge < -0.3 is 10.1 Å². The Morgan fingerprint density at radius 3 is 2.67 bits per heavy atom. The molecular formula is C19H21BrN2O4S. The molecule has 0 unspecified atom stereocenters. The van der Waals surface area contributed by atoms with Gasteiger partial charge in [0, 0.05) is 36.8 Å². The molecule has 6 nitrogen and oxygen atoms in total. The number of nitrogens with zero attached hydrogens (tertiary/aromatic N) is 1.